The molecule has 0 spiro atoms. The number of benzene rings is 3. The normalized spacial score (nSPS) is 15.1. The van der Waals surface area contributed by atoms with E-state index in [1.807, 2.05) is 42.5 Å². The van der Waals surface area contributed by atoms with Crippen molar-refractivity contribution in [2.24, 2.45) is 0 Å². The Labute approximate surface area is 254 Å². The highest BCUT2D eigenvalue weighted by molar-refractivity contribution is 14.1. The summed E-state index contributed by atoms with van der Waals surface area (Å²) in [5.41, 5.74) is 1.47. The summed E-state index contributed by atoms with van der Waals surface area (Å²) in [6.45, 7) is 0. The fourth-order valence-corrected chi connectivity index (χ4v) is 8.09. The lowest BCUT2D eigenvalue weighted by Crippen LogP contribution is -2.35. The molecule has 3 aromatic rings. The predicted octanol–water partition coefficient (Wildman–Crippen LogP) is 8.55. The van der Waals surface area contributed by atoms with Crippen molar-refractivity contribution in [3.8, 4) is 17.2 Å². The van der Waals surface area contributed by atoms with Gasteiger partial charge in [-0.3, -0.25) is 4.79 Å². The van der Waals surface area contributed by atoms with Gasteiger partial charge in [-0.25, -0.2) is 0 Å². The lowest BCUT2D eigenvalue weighted by atomic mass is 9.79. The van der Waals surface area contributed by atoms with Gasteiger partial charge in [0, 0.05) is 0 Å². The molecule has 1 saturated carbocycles. The van der Waals surface area contributed by atoms with Gasteiger partial charge < -0.3 is 14.6 Å². The lowest BCUT2D eigenvalue weighted by molar-refractivity contribution is -0.164. The number of rotatable bonds is 6. The molecule has 0 aromatic heterocycles. The molecule has 0 amide bonds. The van der Waals surface area contributed by atoms with Gasteiger partial charge in [-0.2, -0.15) is 0 Å². The van der Waals surface area contributed by atoms with Crippen LogP contribution in [0.25, 0.3) is 0 Å². The molecule has 4 nitrogen and oxygen atoms in total. The van der Waals surface area contributed by atoms with Crippen molar-refractivity contribution in [2.45, 2.75) is 44.1 Å². The molecule has 3 aromatic carbocycles. The second-order valence-corrected chi connectivity index (χ2v) is 12.9. The number of carbonyl (C=O) groups is 1. The number of hydrogen-bond acceptors (Lipinski definition) is 4. The molecule has 0 heterocycles. The van der Waals surface area contributed by atoms with Gasteiger partial charge >= 0.3 is 5.97 Å². The van der Waals surface area contributed by atoms with Crippen LogP contribution in [0.4, 0.5) is 0 Å². The Bertz CT molecular complexity index is 1140. The molecule has 178 valence electrons. The summed E-state index contributed by atoms with van der Waals surface area (Å²) < 4.78 is 15.7. The van der Waals surface area contributed by atoms with E-state index in [-0.39, 0.29) is 18.1 Å². The Hall–Kier alpha value is -0.350. The topological polar surface area (TPSA) is 55.8 Å². The van der Waals surface area contributed by atoms with Crippen LogP contribution in [0.2, 0.25) is 0 Å². The molecule has 1 fully saturated rings. The average Bonchev–Trinajstić information content (AvgIpc) is 2.81. The molecule has 0 saturated heterocycles. The number of ether oxygens (including phenoxy) is 2. The van der Waals surface area contributed by atoms with Gasteiger partial charge in [-0.1, -0.05) is 36.8 Å². The summed E-state index contributed by atoms with van der Waals surface area (Å²) in [6.07, 6.45) is 5.28. The Morgan fingerprint density at radius 1 is 0.853 bits per heavy atom. The zero-order valence-electron chi connectivity index (χ0n) is 18.1. The van der Waals surface area contributed by atoms with Crippen LogP contribution >= 0.6 is 90.4 Å². The molecular formula is C26H22I4O4. The van der Waals surface area contributed by atoms with Crippen molar-refractivity contribution in [3.63, 3.8) is 0 Å². The molecule has 0 radical (unpaired) electrons. The highest BCUT2D eigenvalue weighted by Gasteiger charge is 2.37. The van der Waals surface area contributed by atoms with Gasteiger partial charge in [0.2, 0.25) is 0 Å². The first-order valence-corrected chi connectivity index (χ1v) is 15.2. The van der Waals surface area contributed by atoms with E-state index in [1.165, 1.54) is 6.42 Å². The lowest BCUT2D eigenvalue weighted by Gasteiger charge is -2.37. The summed E-state index contributed by atoms with van der Waals surface area (Å²) in [7, 11) is 0. The van der Waals surface area contributed by atoms with Gasteiger partial charge in [0.25, 0.3) is 0 Å². The molecule has 0 aliphatic heterocycles. The summed E-state index contributed by atoms with van der Waals surface area (Å²) in [5.74, 6) is 1.46. The van der Waals surface area contributed by atoms with Crippen molar-refractivity contribution in [2.75, 3.05) is 0 Å². The van der Waals surface area contributed by atoms with Crippen LogP contribution in [-0.2, 0) is 21.6 Å². The summed E-state index contributed by atoms with van der Waals surface area (Å²) in [6, 6.07) is 17.7. The van der Waals surface area contributed by atoms with E-state index in [4.69, 9.17) is 9.47 Å². The molecule has 1 N–H and O–H groups in total. The number of phenolic OH excluding ortho intramolecular Hbond substituents is 1. The van der Waals surface area contributed by atoms with Crippen LogP contribution in [-0.4, -0.2) is 11.1 Å². The van der Waals surface area contributed by atoms with E-state index < -0.39 is 5.60 Å². The minimum atomic E-state index is -0.521. The van der Waals surface area contributed by atoms with E-state index in [1.54, 1.807) is 0 Å². The largest absolute Gasteiger partial charge is 0.506 e. The van der Waals surface area contributed by atoms with E-state index in [9.17, 15) is 9.90 Å². The van der Waals surface area contributed by atoms with Gasteiger partial charge in [0.05, 0.1) is 20.7 Å². The molecular weight excluding hydrogens is 884 g/mol. The highest BCUT2D eigenvalue weighted by atomic mass is 127. The maximum atomic E-state index is 13.1. The molecule has 0 bridgehead atoms. The molecule has 4 rings (SSSR count). The maximum Gasteiger partial charge on any atom is 0.311 e. The highest BCUT2D eigenvalue weighted by Crippen LogP contribution is 2.41. The number of phenols is 1. The van der Waals surface area contributed by atoms with Gasteiger partial charge in [-0.05, 0) is 151 Å². The molecule has 1 aliphatic carbocycles. The van der Waals surface area contributed by atoms with E-state index in [0.717, 1.165) is 56.8 Å². The van der Waals surface area contributed by atoms with E-state index in [0.29, 0.717) is 5.75 Å². The first-order chi connectivity index (χ1) is 16.3. The molecule has 0 atom stereocenters. The third kappa shape index (κ3) is 6.31. The van der Waals surface area contributed by atoms with Gasteiger partial charge in [-0.15, -0.1) is 0 Å². The van der Waals surface area contributed by atoms with Crippen molar-refractivity contribution in [1.82, 2.24) is 0 Å². The Morgan fingerprint density at radius 2 is 1.44 bits per heavy atom. The standard InChI is InChI=1S/C26H22I4O4/c27-19-14-18(15-20(28)24(19)32)33-25-21(29)11-16(12-22(25)30)13-23(31)34-26(9-5-2-6-10-26)17-7-3-1-4-8-17/h1,3-4,7-8,11-12,14-15,32H,2,5-6,9-10,13H2. The van der Waals surface area contributed by atoms with Crippen LogP contribution < -0.4 is 4.74 Å². The minimum absolute atomic E-state index is 0.200. The van der Waals surface area contributed by atoms with Crippen LogP contribution in [0.3, 0.4) is 0 Å². The van der Waals surface area contributed by atoms with E-state index >= 15 is 0 Å². The SMILES string of the molecule is O=C(Cc1cc(I)c(Oc2cc(I)c(O)c(I)c2)c(I)c1)OC1(c2ccccc2)CCCCC1. The Morgan fingerprint density at radius 3 is 2.03 bits per heavy atom. The molecule has 0 unspecified atom stereocenters. The first-order valence-electron chi connectivity index (χ1n) is 10.9. The minimum Gasteiger partial charge on any atom is -0.506 e. The Kier molecular flexibility index (Phi) is 9.27. The number of aromatic hydroxyl groups is 1. The summed E-state index contributed by atoms with van der Waals surface area (Å²) in [4.78, 5) is 13.1. The van der Waals surface area contributed by atoms with Crippen LogP contribution in [0.5, 0.6) is 17.2 Å². The van der Waals surface area contributed by atoms with Crippen molar-refractivity contribution >= 4 is 96.3 Å². The third-order valence-electron chi connectivity index (χ3n) is 5.89. The summed E-state index contributed by atoms with van der Waals surface area (Å²) >= 11 is 8.67. The van der Waals surface area contributed by atoms with Gasteiger partial charge in [0.15, 0.2) is 5.75 Å². The van der Waals surface area contributed by atoms with E-state index in [2.05, 4.69) is 102 Å². The zero-order valence-corrected chi connectivity index (χ0v) is 26.8. The second kappa shape index (κ2) is 11.8. The van der Waals surface area contributed by atoms with Crippen molar-refractivity contribution in [1.29, 1.82) is 0 Å². The third-order valence-corrected chi connectivity index (χ3v) is 9.13. The van der Waals surface area contributed by atoms with Crippen molar-refractivity contribution in [3.05, 3.63) is 80.0 Å². The van der Waals surface area contributed by atoms with Crippen LogP contribution in [0, 0.1) is 14.3 Å². The monoisotopic (exact) mass is 906 g/mol. The van der Waals surface area contributed by atoms with Crippen molar-refractivity contribution < 1.29 is 19.4 Å². The maximum absolute atomic E-state index is 13.1. The first kappa shape index (κ1) is 26.7. The number of halogens is 4. The Balaban J connectivity index is 1.51. The molecule has 8 heteroatoms. The quantitative estimate of drug-likeness (QED) is 0.199. The smallest absolute Gasteiger partial charge is 0.311 e. The number of esters is 1. The zero-order chi connectivity index (χ0) is 24.3. The number of hydrogen-bond donors (Lipinski definition) is 1. The van der Waals surface area contributed by atoms with Gasteiger partial charge in [0.1, 0.15) is 17.1 Å². The summed E-state index contributed by atoms with van der Waals surface area (Å²) in [5, 5.41) is 10.0. The van der Waals surface area contributed by atoms with Crippen LogP contribution in [0.1, 0.15) is 43.2 Å². The molecule has 34 heavy (non-hydrogen) atoms. The fraction of sp³-hybridized carbons (Fsp3) is 0.269. The predicted molar refractivity (Wildman–Crippen MR) is 166 cm³/mol. The average molecular weight is 906 g/mol. The fourth-order valence-electron chi connectivity index (χ4n) is 4.27. The molecule has 1 aliphatic rings. The van der Waals surface area contributed by atoms with Crippen LogP contribution in [0.15, 0.2) is 54.6 Å². The number of carbonyl (C=O) groups excluding carboxylic acids is 1. The second-order valence-electron chi connectivity index (χ2n) is 8.30.